The Labute approximate surface area is 110 Å². The number of ether oxygens (including phenoxy) is 1. The van der Waals surface area contributed by atoms with E-state index in [1.807, 2.05) is 6.07 Å². The third-order valence-corrected chi connectivity index (χ3v) is 3.83. The smallest absolute Gasteiger partial charge is 0.230 e. The summed E-state index contributed by atoms with van der Waals surface area (Å²) in [4.78, 5) is 12.2. The van der Waals surface area contributed by atoms with Crippen LogP contribution < -0.4 is 5.32 Å². The van der Waals surface area contributed by atoms with Gasteiger partial charge in [-0.3, -0.25) is 4.79 Å². The average Bonchev–Trinajstić information content (AvgIpc) is 3.03. The highest BCUT2D eigenvalue weighted by Gasteiger charge is 2.44. The minimum absolute atomic E-state index is 0.00583. The molecule has 0 aromatic heterocycles. The molecule has 2 bridgehead atoms. The van der Waals surface area contributed by atoms with Crippen LogP contribution in [0.25, 0.3) is 0 Å². The minimum Gasteiger partial charge on any atom is -0.506 e. The van der Waals surface area contributed by atoms with E-state index < -0.39 is 0 Å². The Bertz CT molecular complexity index is 564. The van der Waals surface area contributed by atoms with Crippen LogP contribution >= 0.6 is 0 Å². The maximum Gasteiger partial charge on any atom is 0.230 e. The molecule has 2 N–H and O–H groups in total. The zero-order chi connectivity index (χ0) is 13.4. The summed E-state index contributed by atoms with van der Waals surface area (Å²) in [6, 6.07) is 6.36. The SMILES string of the molecule is N#Cc1ccc(O)c(NC(=O)[C@H]2C[C@H]3CC[C@@H]2O3)c1. The number of carbonyl (C=O) groups excluding carboxylic acids is 1. The van der Waals surface area contributed by atoms with Gasteiger partial charge in [0.2, 0.25) is 5.91 Å². The first-order valence-corrected chi connectivity index (χ1v) is 6.37. The van der Waals surface area contributed by atoms with Gasteiger partial charge in [0.15, 0.2) is 0 Å². The quantitative estimate of drug-likeness (QED) is 0.792. The van der Waals surface area contributed by atoms with Crippen molar-refractivity contribution in [1.29, 1.82) is 5.26 Å². The first kappa shape index (κ1) is 12.0. The molecule has 98 valence electrons. The van der Waals surface area contributed by atoms with Crippen LogP contribution in [0.15, 0.2) is 18.2 Å². The second kappa shape index (κ2) is 4.56. The summed E-state index contributed by atoms with van der Waals surface area (Å²) in [6.07, 6.45) is 2.91. The molecule has 0 unspecified atom stereocenters. The number of nitriles is 1. The maximum atomic E-state index is 12.2. The second-order valence-corrected chi connectivity index (χ2v) is 5.05. The summed E-state index contributed by atoms with van der Waals surface area (Å²) in [7, 11) is 0. The maximum absolute atomic E-state index is 12.2. The van der Waals surface area contributed by atoms with Crippen molar-refractivity contribution in [1.82, 2.24) is 0 Å². The molecule has 0 spiro atoms. The predicted octanol–water partition coefficient (Wildman–Crippen LogP) is 1.77. The first-order chi connectivity index (χ1) is 9.17. The van der Waals surface area contributed by atoms with Crippen molar-refractivity contribution in [2.75, 3.05) is 5.32 Å². The van der Waals surface area contributed by atoms with Crippen molar-refractivity contribution < 1.29 is 14.6 Å². The van der Waals surface area contributed by atoms with Gasteiger partial charge in [-0.2, -0.15) is 5.26 Å². The molecule has 1 aromatic carbocycles. The summed E-state index contributed by atoms with van der Waals surface area (Å²) in [5, 5.41) is 21.2. The molecule has 5 heteroatoms. The lowest BCUT2D eigenvalue weighted by Gasteiger charge is -2.18. The number of nitrogens with one attached hydrogen (secondary N) is 1. The topological polar surface area (TPSA) is 82.4 Å². The summed E-state index contributed by atoms with van der Waals surface area (Å²) in [5.41, 5.74) is 0.684. The monoisotopic (exact) mass is 258 g/mol. The second-order valence-electron chi connectivity index (χ2n) is 5.05. The Morgan fingerprint density at radius 1 is 1.47 bits per heavy atom. The largest absolute Gasteiger partial charge is 0.506 e. The van der Waals surface area contributed by atoms with Crippen molar-refractivity contribution >= 4 is 11.6 Å². The normalized spacial score (nSPS) is 28.1. The predicted molar refractivity (Wildman–Crippen MR) is 67.5 cm³/mol. The van der Waals surface area contributed by atoms with Crippen LogP contribution in [0.2, 0.25) is 0 Å². The highest BCUT2D eigenvalue weighted by Crippen LogP contribution is 2.39. The lowest BCUT2D eigenvalue weighted by atomic mass is 9.88. The van der Waals surface area contributed by atoms with Gasteiger partial charge in [-0.25, -0.2) is 0 Å². The number of hydrogen-bond acceptors (Lipinski definition) is 4. The molecule has 3 rings (SSSR count). The third-order valence-electron chi connectivity index (χ3n) is 3.83. The molecule has 0 radical (unpaired) electrons. The molecule has 1 amide bonds. The van der Waals surface area contributed by atoms with Gasteiger partial charge >= 0.3 is 0 Å². The number of amides is 1. The van der Waals surface area contributed by atoms with Gasteiger partial charge in [0.05, 0.1) is 35.4 Å². The molecular weight excluding hydrogens is 244 g/mol. The molecule has 5 nitrogen and oxygen atoms in total. The van der Waals surface area contributed by atoms with E-state index in [9.17, 15) is 9.90 Å². The number of aromatic hydroxyl groups is 1. The summed E-state index contributed by atoms with van der Waals surface area (Å²) < 4.78 is 5.64. The van der Waals surface area contributed by atoms with Gasteiger partial charge < -0.3 is 15.2 Å². The number of fused-ring (bicyclic) bond motifs is 2. The van der Waals surface area contributed by atoms with Crippen molar-refractivity contribution in [3.8, 4) is 11.8 Å². The van der Waals surface area contributed by atoms with Gasteiger partial charge in [-0.1, -0.05) is 0 Å². The van der Waals surface area contributed by atoms with Crippen molar-refractivity contribution in [2.24, 2.45) is 5.92 Å². The van der Waals surface area contributed by atoms with Crippen LogP contribution in [0.3, 0.4) is 0 Å². The van der Waals surface area contributed by atoms with E-state index in [-0.39, 0.29) is 35.5 Å². The number of anilines is 1. The third kappa shape index (κ3) is 2.15. The molecule has 0 saturated carbocycles. The van der Waals surface area contributed by atoms with Gasteiger partial charge in [0, 0.05) is 0 Å². The average molecular weight is 258 g/mol. The van der Waals surface area contributed by atoms with E-state index in [0.29, 0.717) is 5.56 Å². The van der Waals surface area contributed by atoms with Crippen LogP contribution in [-0.2, 0) is 9.53 Å². The fourth-order valence-electron chi connectivity index (χ4n) is 2.84. The lowest BCUT2D eigenvalue weighted by Crippen LogP contribution is -2.30. The van der Waals surface area contributed by atoms with Gasteiger partial charge in [0.25, 0.3) is 0 Å². The lowest BCUT2D eigenvalue weighted by molar-refractivity contribution is -0.121. The Hall–Kier alpha value is -2.06. The fraction of sp³-hybridized carbons (Fsp3) is 0.429. The number of nitrogens with zero attached hydrogens (tertiary/aromatic N) is 1. The molecular formula is C14H14N2O3. The number of carbonyl (C=O) groups is 1. The molecule has 3 atom stereocenters. The standard InChI is InChI=1S/C14H14N2O3/c15-7-8-1-3-12(17)11(5-8)16-14(18)10-6-9-2-4-13(10)19-9/h1,3,5,9-10,13,17H,2,4,6H2,(H,16,18)/t9-,10+,13+/m1/s1. The van der Waals surface area contributed by atoms with E-state index in [1.54, 1.807) is 0 Å². The first-order valence-electron chi connectivity index (χ1n) is 6.37. The van der Waals surface area contributed by atoms with Gasteiger partial charge in [0.1, 0.15) is 5.75 Å². The van der Waals surface area contributed by atoms with Crippen molar-refractivity contribution in [3.63, 3.8) is 0 Å². The highest BCUT2D eigenvalue weighted by molar-refractivity contribution is 5.94. The van der Waals surface area contributed by atoms with E-state index in [1.165, 1.54) is 18.2 Å². The molecule has 1 aromatic rings. The van der Waals surface area contributed by atoms with Crippen LogP contribution in [-0.4, -0.2) is 23.2 Å². The van der Waals surface area contributed by atoms with Crippen molar-refractivity contribution in [2.45, 2.75) is 31.5 Å². The molecule has 2 aliphatic rings. The Kier molecular flexibility index (Phi) is 2.88. The van der Waals surface area contributed by atoms with Crippen LogP contribution in [0.1, 0.15) is 24.8 Å². The minimum atomic E-state index is -0.149. The van der Waals surface area contributed by atoms with E-state index >= 15 is 0 Å². The Morgan fingerprint density at radius 2 is 2.32 bits per heavy atom. The fourth-order valence-corrected chi connectivity index (χ4v) is 2.84. The van der Waals surface area contributed by atoms with Crippen LogP contribution in [0.4, 0.5) is 5.69 Å². The molecule has 2 aliphatic heterocycles. The van der Waals surface area contributed by atoms with E-state index in [0.717, 1.165) is 19.3 Å². The molecule has 19 heavy (non-hydrogen) atoms. The summed E-state index contributed by atoms with van der Waals surface area (Å²) in [5.74, 6) is -0.321. The zero-order valence-electron chi connectivity index (χ0n) is 10.3. The molecule has 0 aliphatic carbocycles. The van der Waals surface area contributed by atoms with Crippen molar-refractivity contribution in [3.05, 3.63) is 23.8 Å². The summed E-state index contributed by atoms with van der Waals surface area (Å²) in [6.45, 7) is 0. The van der Waals surface area contributed by atoms with E-state index in [2.05, 4.69) is 5.32 Å². The number of hydrogen-bond donors (Lipinski definition) is 2. The molecule has 2 fully saturated rings. The highest BCUT2D eigenvalue weighted by atomic mass is 16.5. The Balaban J connectivity index is 1.75. The number of phenols is 1. The summed E-state index contributed by atoms with van der Waals surface area (Å²) >= 11 is 0. The van der Waals surface area contributed by atoms with E-state index in [4.69, 9.17) is 10.00 Å². The Morgan fingerprint density at radius 3 is 2.95 bits per heavy atom. The molecule has 2 saturated heterocycles. The van der Waals surface area contributed by atoms with Gasteiger partial charge in [-0.15, -0.1) is 0 Å². The number of rotatable bonds is 2. The number of phenolic OH excluding ortho intramolecular Hbond substituents is 1. The zero-order valence-corrected chi connectivity index (χ0v) is 10.3. The molecule has 2 heterocycles. The van der Waals surface area contributed by atoms with Crippen LogP contribution in [0, 0.1) is 17.2 Å². The van der Waals surface area contributed by atoms with Crippen LogP contribution in [0.5, 0.6) is 5.75 Å². The number of benzene rings is 1. The van der Waals surface area contributed by atoms with Gasteiger partial charge in [-0.05, 0) is 37.5 Å².